The third kappa shape index (κ3) is 5.39. The van der Waals surface area contributed by atoms with Crippen molar-refractivity contribution >= 4 is 23.6 Å². The summed E-state index contributed by atoms with van der Waals surface area (Å²) in [5.41, 5.74) is -0.998. The molecule has 0 saturated heterocycles. The molecule has 0 heterocycles. The first kappa shape index (κ1) is 15.3. The SMILES string of the molecule is CCC(CSC)NC(=O)CC(C)(C)C(=O)O. The van der Waals surface area contributed by atoms with Crippen LogP contribution in [-0.4, -0.2) is 35.0 Å². The van der Waals surface area contributed by atoms with Gasteiger partial charge in [0.1, 0.15) is 0 Å². The Kier molecular flexibility index (Phi) is 6.48. The second-order valence-electron chi connectivity index (χ2n) is 4.49. The summed E-state index contributed by atoms with van der Waals surface area (Å²) in [7, 11) is 0. The molecule has 16 heavy (non-hydrogen) atoms. The fourth-order valence-electron chi connectivity index (χ4n) is 1.22. The molecule has 0 spiro atoms. The van der Waals surface area contributed by atoms with Crippen LogP contribution >= 0.6 is 11.8 Å². The van der Waals surface area contributed by atoms with Crippen LogP contribution in [0.15, 0.2) is 0 Å². The molecule has 4 nitrogen and oxygen atoms in total. The van der Waals surface area contributed by atoms with Crippen molar-refractivity contribution < 1.29 is 14.7 Å². The molecule has 0 aliphatic carbocycles. The summed E-state index contributed by atoms with van der Waals surface area (Å²) in [4.78, 5) is 22.5. The average Bonchev–Trinajstić information content (AvgIpc) is 2.15. The van der Waals surface area contributed by atoms with E-state index in [0.29, 0.717) is 0 Å². The number of carbonyl (C=O) groups is 2. The highest BCUT2D eigenvalue weighted by atomic mass is 32.2. The number of hydrogen-bond donors (Lipinski definition) is 2. The fraction of sp³-hybridized carbons (Fsp3) is 0.818. The Labute approximate surface area is 101 Å². The Morgan fingerprint density at radius 2 is 2.00 bits per heavy atom. The molecule has 94 valence electrons. The maximum atomic E-state index is 11.6. The highest BCUT2D eigenvalue weighted by Gasteiger charge is 2.30. The van der Waals surface area contributed by atoms with Gasteiger partial charge >= 0.3 is 5.97 Å². The van der Waals surface area contributed by atoms with Gasteiger partial charge in [-0.3, -0.25) is 9.59 Å². The van der Waals surface area contributed by atoms with Gasteiger partial charge in [0.25, 0.3) is 0 Å². The van der Waals surface area contributed by atoms with E-state index in [1.807, 2.05) is 13.2 Å². The van der Waals surface area contributed by atoms with Crippen LogP contribution in [0.3, 0.4) is 0 Å². The van der Waals surface area contributed by atoms with E-state index in [9.17, 15) is 9.59 Å². The highest BCUT2D eigenvalue weighted by molar-refractivity contribution is 7.98. The van der Waals surface area contributed by atoms with E-state index in [1.54, 1.807) is 25.6 Å². The first-order valence-corrected chi connectivity index (χ1v) is 6.74. The topological polar surface area (TPSA) is 66.4 Å². The van der Waals surface area contributed by atoms with Crippen LogP contribution in [-0.2, 0) is 9.59 Å². The molecule has 0 rings (SSSR count). The van der Waals surface area contributed by atoms with Gasteiger partial charge in [-0.2, -0.15) is 11.8 Å². The van der Waals surface area contributed by atoms with Crippen molar-refractivity contribution in [2.24, 2.45) is 5.41 Å². The van der Waals surface area contributed by atoms with Gasteiger partial charge < -0.3 is 10.4 Å². The van der Waals surface area contributed by atoms with Gasteiger partial charge in [0.2, 0.25) is 5.91 Å². The molecule has 2 N–H and O–H groups in total. The minimum atomic E-state index is -0.998. The van der Waals surface area contributed by atoms with E-state index in [2.05, 4.69) is 5.32 Å². The van der Waals surface area contributed by atoms with Gasteiger partial charge in [0, 0.05) is 18.2 Å². The maximum Gasteiger partial charge on any atom is 0.309 e. The van der Waals surface area contributed by atoms with Crippen molar-refractivity contribution in [1.82, 2.24) is 5.32 Å². The number of nitrogens with one attached hydrogen (secondary N) is 1. The third-order valence-electron chi connectivity index (χ3n) is 2.41. The van der Waals surface area contributed by atoms with E-state index < -0.39 is 11.4 Å². The van der Waals surface area contributed by atoms with Gasteiger partial charge in [-0.1, -0.05) is 6.92 Å². The minimum Gasteiger partial charge on any atom is -0.481 e. The second-order valence-corrected chi connectivity index (χ2v) is 5.40. The number of carboxylic acid groups (broad SMARTS) is 1. The quantitative estimate of drug-likeness (QED) is 0.719. The van der Waals surface area contributed by atoms with Crippen molar-refractivity contribution in [3.05, 3.63) is 0 Å². The molecule has 5 heteroatoms. The third-order valence-corrected chi connectivity index (χ3v) is 3.14. The first-order chi connectivity index (χ1) is 7.33. The molecule has 0 aromatic carbocycles. The van der Waals surface area contributed by atoms with Crippen molar-refractivity contribution in [1.29, 1.82) is 0 Å². The molecule has 0 saturated carbocycles. The summed E-state index contributed by atoms with van der Waals surface area (Å²) in [5.74, 6) is -0.274. The van der Waals surface area contributed by atoms with E-state index in [0.717, 1.165) is 12.2 Å². The van der Waals surface area contributed by atoms with Crippen LogP contribution in [0.1, 0.15) is 33.6 Å². The molecular weight excluding hydrogens is 226 g/mol. The van der Waals surface area contributed by atoms with Crippen LogP contribution in [0.4, 0.5) is 0 Å². The fourth-order valence-corrected chi connectivity index (χ4v) is 1.94. The zero-order chi connectivity index (χ0) is 12.8. The maximum absolute atomic E-state index is 11.6. The number of amides is 1. The Morgan fingerprint density at radius 1 is 1.44 bits per heavy atom. The largest absolute Gasteiger partial charge is 0.481 e. The lowest BCUT2D eigenvalue weighted by atomic mass is 9.89. The van der Waals surface area contributed by atoms with Crippen LogP contribution in [0.25, 0.3) is 0 Å². The molecule has 1 amide bonds. The zero-order valence-electron chi connectivity index (χ0n) is 10.4. The molecule has 0 aromatic heterocycles. The molecule has 0 aliphatic rings. The summed E-state index contributed by atoms with van der Waals surface area (Å²) in [6.07, 6.45) is 2.86. The predicted molar refractivity (Wildman–Crippen MR) is 66.6 cm³/mol. The summed E-state index contributed by atoms with van der Waals surface area (Å²) in [6.45, 7) is 5.12. The van der Waals surface area contributed by atoms with E-state index in [-0.39, 0.29) is 18.4 Å². The number of hydrogen-bond acceptors (Lipinski definition) is 3. The lowest BCUT2D eigenvalue weighted by Crippen LogP contribution is -2.40. The van der Waals surface area contributed by atoms with Gasteiger partial charge in [-0.15, -0.1) is 0 Å². The van der Waals surface area contributed by atoms with Gasteiger partial charge in [0.15, 0.2) is 0 Å². The number of rotatable bonds is 7. The number of carboxylic acids is 1. The van der Waals surface area contributed by atoms with E-state index in [4.69, 9.17) is 5.11 Å². The van der Waals surface area contributed by atoms with Gasteiger partial charge in [0.05, 0.1) is 5.41 Å². The summed E-state index contributed by atoms with van der Waals surface area (Å²) < 4.78 is 0. The van der Waals surface area contributed by atoms with Crippen molar-refractivity contribution in [3.8, 4) is 0 Å². The monoisotopic (exact) mass is 247 g/mol. The molecule has 0 aliphatic heterocycles. The van der Waals surface area contributed by atoms with Gasteiger partial charge in [-0.25, -0.2) is 0 Å². The summed E-state index contributed by atoms with van der Waals surface area (Å²) in [5, 5.41) is 11.8. The number of carbonyl (C=O) groups excluding carboxylic acids is 1. The Hall–Kier alpha value is -0.710. The second kappa shape index (κ2) is 6.78. The van der Waals surface area contributed by atoms with E-state index >= 15 is 0 Å². The van der Waals surface area contributed by atoms with E-state index in [1.165, 1.54) is 0 Å². The molecular formula is C11H21NO3S. The van der Waals surface area contributed by atoms with Crippen LogP contribution < -0.4 is 5.32 Å². The standard InChI is InChI=1S/C11H21NO3S/c1-5-8(7-16-4)12-9(13)6-11(2,3)10(14)15/h8H,5-7H2,1-4H3,(H,12,13)(H,14,15). The Balaban J connectivity index is 4.21. The van der Waals surface area contributed by atoms with Crippen molar-refractivity contribution in [2.75, 3.05) is 12.0 Å². The average molecular weight is 247 g/mol. The smallest absolute Gasteiger partial charge is 0.309 e. The zero-order valence-corrected chi connectivity index (χ0v) is 11.2. The Morgan fingerprint density at radius 3 is 2.38 bits per heavy atom. The van der Waals surface area contributed by atoms with Crippen LogP contribution in [0.5, 0.6) is 0 Å². The normalized spacial score (nSPS) is 13.2. The first-order valence-electron chi connectivity index (χ1n) is 5.35. The summed E-state index contributed by atoms with van der Waals surface area (Å²) in [6, 6.07) is 0.132. The molecule has 1 atom stereocenters. The Bertz CT molecular complexity index is 254. The van der Waals surface area contributed by atoms with Crippen LogP contribution in [0, 0.1) is 5.41 Å². The molecule has 0 radical (unpaired) electrons. The van der Waals surface area contributed by atoms with Crippen molar-refractivity contribution in [2.45, 2.75) is 39.7 Å². The number of aliphatic carboxylic acids is 1. The minimum absolute atomic E-state index is 0.0210. The highest BCUT2D eigenvalue weighted by Crippen LogP contribution is 2.20. The van der Waals surface area contributed by atoms with Crippen LogP contribution in [0.2, 0.25) is 0 Å². The lowest BCUT2D eigenvalue weighted by molar-refractivity contribution is -0.149. The molecule has 0 bridgehead atoms. The molecule has 0 fully saturated rings. The predicted octanol–water partition coefficient (Wildman–Crippen LogP) is 1.75. The summed E-state index contributed by atoms with van der Waals surface area (Å²) >= 11 is 1.67. The van der Waals surface area contributed by atoms with Crippen molar-refractivity contribution in [3.63, 3.8) is 0 Å². The molecule has 1 unspecified atom stereocenters. The van der Waals surface area contributed by atoms with Gasteiger partial charge in [-0.05, 0) is 26.5 Å². The molecule has 0 aromatic rings. The lowest BCUT2D eigenvalue weighted by Gasteiger charge is -2.21. The number of thioether (sulfide) groups is 1.